The number of hydrogen-bond donors (Lipinski definition) is 0. The Morgan fingerprint density at radius 2 is 1.91 bits per heavy atom. The second kappa shape index (κ2) is 9.57. The number of likely N-dealkylation sites (N-methyl/N-ethyl adjacent to an activating group) is 1. The van der Waals surface area contributed by atoms with Gasteiger partial charge in [-0.2, -0.15) is 0 Å². The van der Waals surface area contributed by atoms with Crippen molar-refractivity contribution in [1.82, 2.24) is 15.0 Å². The molecule has 3 aromatic heterocycles. The molecule has 10 heteroatoms. The number of furan rings is 1. The third kappa shape index (κ3) is 4.86. The maximum Gasteiger partial charge on any atom is 0.339 e. The monoisotopic (exact) mass is 481 g/mol. The second-order valence-corrected chi connectivity index (χ2v) is 8.12. The third-order valence-corrected chi connectivity index (χ3v) is 5.54. The first-order valence-electron chi connectivity index (χ1n) is 10.8. The van der Waals surface area contributed by atoms with E-state index in [-0.39, 0.29) is 23.6 Å². The van der Waals surface area contributed by atoms with Crippen LogP contribution in [-0.2, 0) is 16.1 Å². The van der Waals surface area contributed by atoms with E-state index >= 15 is 0 Å². The van der Waals surface area contributed by atoms with E-state index in [1.807, 2.05) is 13.0 Å². The molecule has 0 radical (unpaired) electrons. The zero-order valence-corrected chi connectivity index (χ0v) is 20.0. The summed E-state index contributed by atoms with van der Waals surface area (Å²) in [7, 11) is 2.91. The number of carbonyl (C=O) groups excluding carboxylic acids is 2. The number of methoxy groups -OCH3 is 1. The van der Waals surface area contributed by atoms with Gasteiger partial charge in [0.15, 0.2) is 18.2 Å². The van der Waals surface area contributed by atoms with Crippen LogP contribution in [-0.4, -0.2) is 47.7 Å². The van der Waals surface area contributed by atoms with Gasteiger partial charge in [0.2, 0.25) is 0 Å². The van der Waals surface area contributed by atoms with Crippen LogP contribution in [0.25, 0.3) is 22.4 Å². The molecule has 0 unspecified atom stereocenters. The fourth-order valence-electron chi connectivity index (χ4n) is 3.76. The van der Waals surface area contributed by atoms with E-state index in [9.17, 15) is 14.0 Å². The molecule has 0 spiro atoms. The molecule has 0 fully saturated rings. The van der Waals surface area contributed by atoms with Crippen molar-refractivity contribution in [3.63, 3.8) is 0 Å². The normalized spacial score (nSPS) is 11.0. The smallest absolute Gasteiger partial charge is 0.339 e. The molecule has 0 bridgehead atoms. The van der Waals surface area contributed by atoms with E-state index in [1.165, 1.54) is 31.2 Å². The van der Waals surface area contributed by atoms with Crippen molar-refractivity contribution in [3.05, 3.63) is 64.5 Å². The van der Waals surface area contributed by atoms with Gasteiger partial charge < -0.3 is 23.3 Å². The van der Waals surface area contributed by atoms with Crippen molar-refractivity contribution >= 4 is 23.0 Å². The molecule has 1 amide bonds. The highest BCUT2D eigenvalue weighted by Gasteiger charge is 2.23. The van der Waals surface area contributed by atoms with Crippen molar-refractivity contribution in [1.29, 1.82) is 0 Å². The summed E-state index contributed by atoms with van der Waals surface area (Å²) in [6.07, 6.45) is 0. The summed E-state index contributed by atoms with van der Waals surface area (Å²) in [6.45, 7) is 4.92. The van der Waals surface area contributed by atoms with Crippen LogP contribution in [0.1, 0.15) is 33.1 Å². The molecule has 0 aliphatic carbocycles. The Kier molecular flexibility index (Phi) is 6.54. The van der Waals surface area contributed by atoms with Crippen LogP contribution in [0, 0.1) is 26.6 Å². The fourth-order valence-corrected chi connectivity index (χ4v) is 3.76. The van der Waals surface area contributed by atoms with Gasteiger partial charge in [-0.3, -0.25) is 4.79 Å². The molecular formula is C25H24FN3O6. The number of esters is 1. The maximum atomic E-state index is 13.9. The molecular weight excluding hydrogens is 457 g/mol. The molecule has 0 aliphatic rings. The largest absolute Gasteiger partial charge is 0.494 e. The summed E-state index contributed by atoms with van der Waals surface area (Å²) in [5, 5.41) is 4.32. The van der Waals surface area contributed by atoms with Crippen molar-refractivity contribution < 1.29 is 32.4 Å². The van der Waals surface area contributed by atoms with Crippen LogP contribution in [0.5, 0.6) is 5.75 Å². The summed E-state index contributed by atoms with van der Waals surface area (Å²) in [5.41, 5.74) is 2.55. The van der Waals surface area contributed by atoms with Gasteiger partial charge in [0.25, 0.3) is 11.6 Å². The predicted octanol–water partition coefficient (Wildman–Crippen LogP) is 4.37. The van der Waals surface area contributed by atoms with E-state index in [4.69, 9.17) is 18.4 Å². The summed E-state index contributed by atoms with van der Waals surface area (Å²) in [6, 6.07) is 7.81. The first-order valence-corrected chi connectivity index (χ1v) is 10.8. The zero-order chi connectivity index (χ0) is 25.3. The Balaban J connectivity index is 1.51. The van der Waals surface area contributed by atoms with Gasteiger partial charge in [-0.25, -0.2) is 14.2 Å². The molecule has 35 heavy (non-hydrogen) atoms. The summed E-state index contributed by atoms with van der Waals surface area (Å²) >= 11 is 0. The first kappa shape index (κ1) is 23.9. The summed E-state index contributed by atoms with van der Waals surface area (Å²) in [5.74, 6) is -0.255. The van der Waals surface area contributed by atoms with E-state index in [0.29, 0.717) is 39.4 Å². The lowest BCUT2D eigenvalue weighted by atomic mass is 10.1. The lowest BCUT2D eigenvalue weighted by Crippen LogP contribution is -2.31. The van der Waals surface area contributed by atoms with Crippen LogP contribution in [0.2, 0.25) is 0 Å². The van der Waals surface area contributed by atoms with Crippen LogP contribution in [0.15, 0.2) is 39.3 Å². The number of ether oxygens (including phenoxy) is 2. The molecule has 4 aromatic rings. The number of nitrogens with zero attached hydrogens (tertiary/aromatic N) is 3. The number of halogens is 1. The van der Waals surface area contributed by atoms with Gasteiger partial charge in [0, 0.05) is 19.2 Å². The second-order valence-electron chi connectivity index (χ2n) is 8.12. The number of aromatic nitrogens is 2. The van der Waals surface area contributed by atoms with E-state index < -0.39 is 24.3 Å². The van der Waals surface area contributed by atoms with Gasteiger partial charge >= 0.3 is 5.97 Å². The van der Waals surface area contributed by atoms with Crippen molar-refractivity contribution in [3.8, 4) is 17.0 Å². The minimum absolute atomic E-state index is 0.115. The Hall–Kier alpha value is -4.21. The lowest BCUT2D eigenvalue weighted by molar-refractivity contribution is -0.133. The first-order chi connectivity index (χ1) is 16.7. The standard InChI is InChI=1S/C25H24FN3O6/c1-13-8-17(15(3)34-13)20-10-18(23-14(2)28-35-24(23)27-20)25(31)33-12-22(30)29(4)11-16-6-7-21(32-5)19(26)9-16/h6-10H,11-12H2,1-5H3. The van der Waals surface area contributed by atoms with E-state index in [0.717, 1.165) is 0 Å². The van der Waals surface area contributed by atoms with E-state index in [1.54, 1.807) is 26.0 Å². The molecule has 0 aliphatic heterocycles. The molecule has 0 N–H and O–H groups in total. The van der Waals surface area contributed by atoms with E-state index in [2.05, 4.69) is 10.1 Å². The van der Waals surface area contributed by atoms with Gasteiger partial charge in [-0.1, -0.05) is 11.2 Å². The summed E-state index contributed by atoms with van der Waals surface area (Å²) < 4.78 is 35.0. The highest BCUT2D eigenvalue weighted by atomic mass is 19.1. The molecule has 9 nitrogen and oxygen atoms in total. The highest BCUT2D eigenvalue weighted by Crippen LogP contribution is 2.30. The fraction of sp³-hybridized carbons (Fsp3) is 0.280. The molecule has 182 valence electrons. The topological polar surface area (TPSA) is 108 Å². The van der Waals surface area contributed by atoms with Crippen molar-refractivity contribution in [2.45, 2.75) is 27.3 Å². The molecule has 1 aromatic carbocycles. The lowest BCUT2D eigenvalue weighted by Gasteiger charge is -2.17. The number of aryl methyl sites for hydroxylation is 3. The van der Waals surface area contributed by atoms with Gasteiger partial charge in [-0.05, 0) is 50.6 Å². The minimum atomic E-state index is -0.722. The number of rotatable bonds is 7. The Bertz CT molecular complexity index is 1420. The van der Waals surface area contributed by atoms with Gasteiger partial charge in [0.05, 0.1) is 29.4 Å². The average Bonchev–Trinajstić information content (AvgIpc) is 3.37. The summed E-state index contributed by atoms with van der Waals surface area (Å²) in [4.78, 5) is 31.4. The average molecular weight is 481 g/mol. The molecule has 0 saturated heterocycles. The zero-order valence-electron chi connectivity index (χ0n) is 20.0. The van der Waals surface area contributed by atoms with Crippen LogP contribution >= 0.6 is 0 Å². The number of fused-ring (bicyclic) bond motifs is 1. The Morgan fingerprint density at radius 1 is 1.14 bits per heavy atom. The van der Waals surface area contributed by atoms with Crippen LogP contribution in [0.4, 0.5) is 4.39 Å². The van der Waals surface area contributed by atoms with Gasteiger partial charge in [0.1, 0.15) is 11.5 Å². The number of hydrogen-bond acceptors (Lipinski definition) is 8. The quantitative estimate of drug-likeness (QED) is 0.358. The Morgan fingerprint density at radius 3 is 2.57 bits per heavy atom. The number of benzene rings is 1. The predicted molar refractivity (Wildman–Crippen MR) is 123 cm³/mol. The third-order valence-electron chi connectivity index (χ3n) is 5.54. The molecule has 0 saturated carbocycles. The SMILES string of the molecule is COc1ccc(CN(C)C(=O)COC(=O)c2cc(-c3cc(C)oc3C)nc3onc(C)c23)cc1F. The van der Waals surface area contributed by atoms with Crippen LogP contribution in [0.3, 0.4) is 0 Å². The van der Waals surface area contributed by atoms with Crippen molar-refractivity contribution in [2.24, 2.45) is 0 Å². The number of carbonyl (C=O) groups is 2. The Labute approximate surface area is 200 Å². The number of pyridine rings is 1. The maximum absolute atomic E-state index is 13.9. The number of amides is 1. The van der Waals surface area contributed by atoms with Crippen molar-refractivity contribution in [2.75, 3.05) is 20.8 Å². The van der Waals surface area contributed by atoms with Crippen LogP contribution < -0.4 is 4.74 Å². The highest BCUT2D eigenvalue weighted by molar-refractivity contribution is 6.04. The molecule has 3 heterocycles. The van der Waals surface area contributed by atoms with Gasteiger partial charge in [-0.15, -0.1) is 0 Å². The minimum Gasteiger partial charge on any atom is -0.494 e. The molecule has 0 atom stereocenters. The molecule has 4 rings (SSSR count).